The maximum absolute atomic E-state index is 13.1. The number of benzene rings is 1. The van der Waals surface area contributed by atoms with Crippen LogP contribution in [-0.4, -0.2) is 5.78 Å². The molecule has 0 amide bonds. The zero-order valence-corrected chi connectivity index (χ0v) is 11.4. The molecule has 1 saturated carbocycles. The molecule has 2 nitrogen and oxygen atoms in total. The minimum atomic E-state index is -0.661. The molecule has 0 heterocycles. The van der Waals surface area contributed by atoms with Gasteiger partial charge in [-0.3, -0.25) is 4.79 Å². The molecule has 20 heavy (non-hydrogen) atoms. The van der Waals surface area contributed by atoms with Gasteiger partial charge in [-0.2, -0.15) is 0 Å². The average Bonchev–Trinajstić information content (AvgIpc) is 2.36. The maximum atomic E-state index is 13.1. The highest BCUT2D eigenvalue weighted by molar-refractivity contribution is 6.00. The summed E-state index contributed by atoms with van der Waals surface area (Å²) in [5.41, 5.74) is 1.56. The summed E-state index contributed by atoms with van der Waals surface area (Å²) in [6.07, 6.45) is 3.72. The van der Waals surface area contributed by atoms with Gasteiger partial charge >= 0.3 is 0 Å². The van der Waals surface area contributed by atoms with Gasteiger partial charge in [-0.1, -0.05) is 19.9 Å². The molecular formula is C16H17F2NO. The first-order valence-corrected chi connectivity index (χ1v) is 6.63. The molecule has 0 spiro atoms. The van der Waals surface area contributed by atoms with E-state index in [0.717, 1.165) is 24.5 Å². The summed E-state index contributed by atoms with van der Waals surface area (Å²) in [6, 6.07) is 3.14. The molecule has 2 rings (SSSR count). The lowest BCUT2D eigenvalue weighted by Crippen LogP contribution is -2.19. The minimum absolute atomic E-state index is 0.0254. The van der Waals surface area contributed by atoms with Gasteiger partial charge in [-0.05, 0) is 30.0 Å². The van der Waals surface area contributed by atoms with E-state index < -0.39 is 11.6 Å². The first-order valence-electron chi connectivity index (χ1n) is 6.63. The van der Waals surface area contributed by atoms with Crippen LogP contribution in [0.25, 0.3) is 0 Å². The number of allylic oxidation sites excluding steroid dienone is 2. The molecule has 1 aliphatic rings. The number of carbonyl (C=O) groups is 1. The second kappa shape index (κ2) is 5.99. The molecule has 1 fully saturated rings. The molecule has 4 heteroatoms. The van der Waals surface area contributed by atoms with Crippen LogP contribution in [0.1, 0.15) is 26.2 Å². The van der Waals surface area contributed by atoms with Crippen LogP contribution < -0.4 is 5.32 Å². The third-order valence-corrected chi connectivity index (χ3v) is 3.51. The number of hydrogen-bond donors (Lipinski definition) is 1. The molecule has 1 unspecified atom stereocenters. The van der Waals surface area contributed by atoms with Crippen LogP contribution >= 0.6 is 0 Å². The Kier molecular flexibility index (Phi) is 4.32. The zero-order valence-electron chi connectivity index (χ0n) is 11.4. The molecule has 0 saturated heterocycles. The van der Waals surface area contributed by atoms with Crippen LogP contribution in [0, 0.1) is 17.6 Å². The molecule has 1 aromatic rings. The monoisotopic (exact) mass is 277 g/mol. The number of halogens is 2. The first kappa shape index (κ1) is 14.4. The summed E-state index contributed by atoms with van der Waals surface area (Å²) in [7, 11) is 0. The summed E-state index contributed by atoms with van der Waals surface area (Å²) < 4.78 is 26.1. The molecule has 106 valence electrons. The predicted octanol–water partition coefficient (Wildman–Crippen LogP) is 4.21. The number of carbonyl (C=O) groups excluding carboxylic acids is 1. The third kappa shape index (κ3) is 3.32. The molecule has 1 atom stereocenters. The smallest absolute Gasteiger partial charge is 0.164 e. The Morgan fingerprint density at radius 3 is 2.50 bits per heavy atom. The zero-order chi connectivity index (χ0) is 14.7. The van der Waals surface area contributed by atoms with Crippen LogP contribution in [0.3, 0.4) is 0 Å². The van der Waals surface area contributed by atoms with Crippen molar-refractivity contribution in [2.45, 2.75) is 26.2 Å². The van der Waals surface area contributed by atoms with E-state index in [4.69, 9.17) is 0 Å². The van der Waals surface area contributed by atoms with Gasteiger partial charge < -0.3 is 5.32 Å². The molecular weight excluding hydrogens is 260 g/mol. The number of nitrogens with one attached hydrogen (secondary N) is 1. The summed E-state index contributed by atoms with van der Waals surface area (Å²) in [5, 5.41) is 2.77. The van der Waals surface area contributed by atoms with E-state index in [-0.39, 0.29) is 11.5 Å². The minimum Gasteiger partial charge on any atom is -0.361 e. The summed E-state index contributed by atoms with van der Waals surface area (Å²) in [6.45, 7) is 5.96. The van der Waals surface area contributed by atoms with E-state index in [9.17, 15) is 13.6 Å². The molecule has 0 aromatic heterocycles. The highest BCUT2D eigenvalue weighted by Crippen LogP contribution is 2.31. The van der Waals surface area contributed by atoms with E-state index in [1.54, 1.807) is 0 Å². The number of rotatable bonds is 3. The second-order valence-corrected chi connectivity index (χ2v) is 5.07. The molecule has 1 aliphatic carbocycles. The molecule has 0 radical (unpaired) electrons. The lowest BCUT2D eigenvalue weighted by atomic mass is 9.81. The van der Waals surface area contributed by atoms with Gasteiger partial charge in [0.1, 0.15) is 11.6 Å². The van der Waals surface area contributed by atoms with Gasteiger partial charge in [0.2, 0.25) is 0 Å². The summed E-state index contributed by atoms with van der Waals surface area (Å²) in [5.74, 6) is -0.951. The summed E-state index contributed by atoms with van der Waals surface area (Å²) in [4.78, 5) is 12.0. The topological polar surface area (TPSA) is 29.1 Å². The predicted molar refractivity (Wildman–Crippen MR) is 75.2 cm³/mol. The lowest BCUT2D eigenvalue weighted by Gasteiger charge is -2.23. The van der Waals surface area contributed by atoms with Crippen molar-refractivity contribution in [2.75, 3.05) is 5.32 Å². The molecule has 0 bridgehead atoms. The van der Waals surface area contributed by atoms with Crippen molar-refractivity contribution in [3.8, 4) is 0 Å². The standard InChI is InChI=1S/C16H17F2NO/c1-3-11-4-10(2)15(16(20)5-11)9-19-14-7-12(17)6-13(18)8-14/h6-9,11,19H,2-5H2,1H3/b15-9+. The Balaban J connectivity index is 2.14. The van der Waals surface area contributed by atoms with Crippen molar-refractivity contribution in [1.29, 1.82) is 0 Å². The number of ketones is 1. The lowest BCUT2D eigenvalue weighted by molar-refractivity contribution is -0.116. The van der Waals surface area contributed by atoms with Gasteiger partial charge in [0, 0.05) is 29.9 Å². The van der Waals surface area contributed by atoms with Gasteiger partial charge in [-0.15, -0.1) is 0 Å². The van der Waals surface area contributed by atoms with Crippen molar-refractivity contribution < 1.29 is 13.6 Å². The Bertz CT molecular complexity index is 538. The number of anilines is 1. The van der Waals surface area contributed by atoms with Crippen molar-refractivity contribution >= 4 is 11.5 Å². The van der Waals surface area contributed by atoms with Crippen LogP contribution in [0.4, 0.5) is 14.5 Å². The second-order valence-electron chi connectivity index (χ2n) is 5.07. The number of Topliss-reactive ketones (excluding diaryl/α,β-unsaturated/α-hetero) is 1. The van der Waals surface area contributed by atoms with E-state index in [1.807, 2.05) is 6.92 Å². The van der Waals surface area contributed by atoms with E-state index in [0.29, 0.717) is 17.9 Å². The fourth-order valence-electron chi connectivity index (χ4n) is 2.36. The fraction of sp³-hybridized carbons (Fsp3) is 0.312. The van der Waals surface area contributed by atoms with E-state index in [2.05, 4.69) is 11.9 Å². The first-order chi connectivity index (χ1) is 9.49. The van der Waals surface area contributed by atoms with Gasteiger partial charge in [0.15, 0.2) is 5.78 Å². The normalized spacial score (nSPS) is 21.4. The summed E-state index contributed by atoms with van der Waals surface area (Å²) >= 11 is 0. The Hall–Kier alpha value is -1.97. The van der Waals surface area contributed by atoms with Crippen molar-refractivity contribution in [3.05, 3.63) is 53.8 Å². The van der Waals surface area contributed by atoms with Crippen LogP contribution in [0.15, 0.2) is 42.1 Å². The highest BCUT2D eigenvalue weighted by atomic mass is 19.1. The SMILES string of the molecule is C=C1CC(CC)CC(=O)/C1=C/Nc1cc(F)cc(F)c1. The third-order valence-electron chi connectivity index (χ3n) is 3.51. The fourth-order valence-corrected chi connectivity index (χ4v) is 2.36. The van der Waals surface area contributed by atoms with Crippen LogP contribution in [-0.2, 0) is 4.79 Å². The average molecular weight is 277 g/mol. The highest BCUT2D eigenvalue weighted by Gasteiger charge is 2.25. The van der Waals surface area contributed by atoms with Crippen LogP contribution in [0.2, 0.25) is 0 Å². The van der Waals surface area contributed by atoms with E-state index in [1.165, 1.54) is 18.3 Å². The van der Waals surface area contributed by atoms with Crippen molar-refractivity contribution in [1.82, 2.24) is 0 Å². The van der Waals surface area contributed by atoms with Gasteiger partial charge in [0.25, 0.3) is 0 Å². The maximum Gasteiger partial charge on any atom is 0.164 e. The van der Waals surface area contributed by atoms with Crippen molar-refractivity contribution in [3.63, 3.8) is 0 Å². The van der Waals surface area contributed by atoms with Crippen molar-refractivity contribution in [2.24, 2.45) is 5.92 Å². The van der Waals surface area contributed by atoms with Gasteiger partial charge in [-0.25, -0.2) is 8.78 Å². The Morgan fingerprint density at radius 1 is 1.30 bits per heavy atom. The number of hydrogen-bond acceptors (Lipinski definition) is 2. The van der Waals surface area contributed by atoms with Crippen LogP contribution in [0.5, 0.6) is 0 Å². The Labute approximate surface area is 117 Å². The Morgan fingerprint density at radius 2 is 1.95 bits per heavy atom. The largest absolute Gasteiger partial charge is 0.361 e. The van der Waals surface area contributed by atoms with Gasteiger partial charge in [0.05, 0.1) is 0 Å². The van der Waals surface area contributed by atoms with E-state index >= 15 is 0 Å². The molecule has 1 N–H and O–H groups in total. The molecule has 0 aliphatic heterocycles. The quantitative estimate of drug-likeness (QED) is 0.839. The molecule has 1 aromatic carbocycles.